The first-order valence-corrected chi connectivity index (χ1v) is 16.9. The summed E-state index contributed by atoms with van der Waals surface area (Å²) in [5.41, 5.74) is 8.10. The van der Waals surface area contributed by atoms with E-state index in [0.717, 1.165) is 90.9 Å². The van der Waals surface area contributed by atoms with Gasteiger partial charge in [-0.1, -0.05) is 18.2 Å². The first-order valence-electron chi connectivity index (χ1n) is 16.9. The number of benzene rings is 4. The number of likely N-dealkylation sites (N-methyl/N-ethyl adjacent to an activating group) is 2. The van der Waals surface area contributed by atoms with Gasteiger partial charge in [0, 0.05) is 44.0 Å². The minimum Gasteiger partial charge on any atom is -0.493 e. The van der Waals surface area contributed by atoms with E-state index in [1.807, 2.05) is 12.1 Å². The second kappa shape index (κ2) is 12.4. The summed E-state index contributed by atoms with van der Waals surface area (Å²) in [5.74, 6) is 5.76. The lowest BCUT2D eigenvalue weighted by Crippen LogP contribution is -2.33. The van der Waals surface area contributed by atoms with Crippen molar-refractivity contribution in [2.75, 3.05) is 61.5 Å². The molecule has 8 nitrogen and oxygen atoms in total. The lowest BCUT2D eigenvalue weighted by atomic mass is 9.88. The van der Waals surface area contributed by atoms with E-state index < -0.39 is 0 Å². The summed E-state index contributed by atoms with van der Waals surface area (Å²) >= 11 is 0. The van der Waals surface area contributed by atoms with E-state index in [9.17, 15) is 0 Å². The molecule has 0 aliphatic carbocycles. The maximum atomic E-state index is 6.91. The number of hydrogen-bond acceptors (Lipinski definition) is 8. The summed E-state index contributed by atoms with van der Waals surface area (Å²) in [6.07, 6.45) is 5.79. The minimum absolute atomic E-state index is 0.155. The molecule has 5 aliphatic rings. The van der Waals surface area contributed by atoms with Gasteiger partial charge in [0.1, 0.15) is 5.75 Å². The van der Waals surface area contributed by atoms with E-state index in [-0.39, 0.29) is 6.04 Å². The average Bonchev–Trinajstić information content (AvgIpc) is 3.08. The van der Waals surface area contributed by atoms with Crippen molar-refractivity contribution in [3.63, 3.8) is 0 Å². The SMILES string of the molecule is COc1cc2c3c4c1Oc1cc5c(cc1O4)C(Cc1ccc(OCCCN(C)C)c(c1)Oc1ccc(cc1)/C=C\3N(C)CC2)N(C)CC5. The molecule has 0 saturated carbocycles. The maximum Gasteiger partial charge on any atom is 0.212 e. The third kappa shape index (κ3) is 5.63. The topological polar surface area (TPSA) is 55.9 Å². The molecule has 0 amide bonds. The number of rotatable bonds is 6. The van der Waals surface area contributed by atoms with E-state index in [1.165, 1.54) is 22.3 Å². The zero-order valence-electron chi connectivity index (χ0n) is 28.5. The molecule has 0 aromatic heterocycles. The predicted octanol–water partition coefficient (Wildman–Crippen LogP) is 7.79. The Morgan fingerprint density at radius 3 is 2.42 bits per heavy atom. The number of fused-ring (bicyclic) bond motifs is 2. The molecule has 5 heterocycles. The summed E-state index contributed by atoms with van der Waals surface area (Å²) in [6, 6.07) is 21.3. The first-order chi connectivity index (χ1) is 23.3. The highest BCUT2D eigenvalue weighted by molar-refractivity contribution is 5.88. The Bertz CT molecular complexity index is 1900. The molecule has 0 spiro atoms. The van der Waals surface area contributed by atoms with Gasteiger partial charge in [0.2, 0.25) is 5.75 Å². The Balaban J connectivity index is 1.28. The summed E-state index contributed by atoms with van der Waals surface area (Å²) in [6.45, 7) is 3.42. The van der Waals surface area contributed by atoms with Gasteiger partial charge in [0.15, 0.2) is 34.5 Å². The molecular weight excluding hydrogens is 602 g/mol. The van der Waals surface area contributed by atoms with Crippen molar-refractivity contribution >= 4 is 11.8 Å². The summed E-state index contributed by atoms with van der Waals surface area (Å²) in [4.78, 5) is 6.91. The highest BCUT2D eigenvalue weighted by Crippen LogP contribution is 2.56. The van der Waals surface area contributed by atoms with Gasteiger partial charge in [-0.2, -0.15) is 0 Å². The standard InChI is InChI=1S/C40H43N3O5/c1-41(2)15-6-18-45-33-12-9-26-20-31-30-24-36-35(22-27(30)13-16-42(31)3)47-39-37(44-5)23-28-14-17-43(4)32(38(28)40(39)48-36)19-25-7-10-29(11-8-25)46-34(33)21-26/h7-12,19,21-24,31H,6,13-18,20H2,1-5H3/b32-19+. The van der Waals surface area contributed by atoms with Gasteiger partial charge in [0.05, 0.1) is 13.7 Å². The quantitative estimate of drug-likeness (QED) is 0.174. The molecule has 1 atom stereocenters. The van der Waals surface area contributed by atoms with E-state index in [1.54, 1.807) is 7.11 Å². The van der Waals surface area contributed by atoms with E-state index >= 15 is 0 Å². The van der Waals surface area contributed by atoms with Crippen LogP contribution in [0, 0.1) is 0 Å². The zero-order chi connectivity index (χ0) is 32.9. The van der Waals surface area contributed by atoms with Crippen molar-refractivity contribution in [1.29, 1.82) is 0 Å². The van der Waals surface area contributed by atoms with Crippen molar-refractivity contribution in [3.8, 4) is 46.0 Å². The maximum absolute atomic E-state index is 6.91. The summed E-state index contributed by atoms with van der Waals surface area (Å²) in [5, 5.41) is 0. The average molecular weight is 646 g/mol. The molecule has 4 aromatic rings. The monoisotopic (exact) mass is 645 g/mol. The lowest BCUT2D eigenvalue weighted by Gasteiger charge is -2.37. The van der Waals surface area contributed by atoms with Gasteiger partial charge in [0.25, 0.3) is 0 Å². The molecule has 48 heavy (non-hydrogen) atoms. The molecular formula is C40H43N3O5. The van der Waals surface area contributed by atoms with E-state index in [4.69, 9.17) is 23.7 Å². The fourth-order valence-corrected chi connectivity index (χ4v) is 7.33. The predicted molar refractivity (Wildman–Crippen MR) is 188 cm³/mol. The van der Waals surface area contributed by atoms with Crippen molar-refractivity contribution in [3.05, 3.63) is 94.0 Å². The Morgan fingerprint density at radius 2 is 1.60 bits per heavy atom. The van der Waals surface area contributed by atoms with Gasteiger partial charge in [-0.25, -0.2) is 0 Å². The van der Waals surface area contributed by atoms with Crippen molar-refractivity contribution < 1.29 is 23.7 Å². The molecule has 4 aromatic carbocycles. The second-order valence-corrected chi connectivity index (χ2v) is 13.6. The Hall–Kier alpha value is -4.66. The molecule has 0 saturated heterocycles. The Kier molecular flexibility index (Phi) is 7.93. The van der Waals surface area contributed by atoms with Crippen LogP contribution in [0.15, 0.2) is 60.7 Å². The minimum atomic E-state index is 0.155. The van der Waals surface area contributed by atoms with Gasteiger partial charge in [-0.15, -0.1) is 0 Å². The molecule has 0 radical (unpaired) electrons. The first kappa shape index (κ1) is 30.7. The fraction of sp³-hybridized carbons (Fsp3) is 0.350. The van der Waals surface area contributed by atoms with Crippen molar-refractivity contribution in [2.24, 2.45) is 0 Å². The molecule has 8 heteroatoms. The number of ether oxygens (including phenoxy) is 5. The molecule has 248 valence electrons. The van der Waals surface area contributed by atoms with Gasteiger partial charge >= 0.3 is 0 Å². The van der Waals surface area contributed by atoms with Crippen LogP contribution in [0.3, 0.4) is 0 Å². The molecule has 0 N–H and O–H groups in total. The smallest absolute Gasteiger partial charge is 0.212 e. The molecule has 9 rings (SSSR count). The highest BCUT2D eigenvalue weighted by Gasteiger charge is 2.35. The molecule has 1 unspecified atom stereocenters. The van der Waals surface area contributed by atoms with Gasteiger partial charge in [-0.3, -0.25) is 4.90 Å². The second-order valence-electron chi connectivity index (χ2n) is 13.6. The van der Waals surface area contributed by atoms with Crippen LogP contribution in [0.2, 0.25) is 0 Å². The summed E-state index contributed by atoms with van der Waals surface area (Å²) in [7, 11) is 10.2. The lowest BCUT2D eigenvalue weighted by molar-refractivity contribution is 0.227. The van der Waals surface area contributed by atoms with Crippen molar-refractivity contribution in [2.45, 2.75) is 31.7 Å². The number of nitrogens with zero attached hydrogens (tertiary/aromatic N) is 3. The molecule has 7 bridgehead atoms. The fourth-order valence-electron chi connectivity index (χ4n) is 7.33. The Labute approximate surface area is 283 Å². The van der Waals surface area contributed by atoms with Crippen molar-refractivity contribution in [1.82, 2.24) is 14.7 Å². The summed E-state index contributed by atoms with van der Waals surface area (Å²) < 4.78 is 32.4. The molecule has 0 fully saturated rings. The van der Waals surface area contributed by atoms with Crippen LogP contribution in [-0.2, 0) is 19.3 Å². The van der Waals surface area contributed by atoms with E-state index in [0.29, 0.717) is 23.9 Å². The van der Waals surface area contributed by atoms with Crippen LogP contribution in [-0.4, -0.2) is 76.2 Å². The van der Waals surface area contributed by atoms with Crippen LogP contribution in [0.4, 0.5) is 0 Å². The van der Waals surface area contributed by atoms with Crippen LogP contribution in [0.1, 0.15) is 45.8 Å². The highest BCUT2D eigenvalue weighted by atomic mass is 16.6. The number of methoxy groups -OCH3 is 1. The zero-order valence-corrected chi connectivity index (χ0v) is 28.5. The van der Waals surface area contributed by atoms with E-state index in [2.05, 4.69) is 97.5 Å². The van der Waals surface area contributed by atoms with Crippen LogP contribution < -0.4 is 23.7 Å². The van der Waals surface area contributed by atoms with Crippen LogP contribution in [0.5, 0.6) is 46.0 Å². The Morgan fingerprint density at radius 1 is 0.812 bits per heavy atom. The van der Waals surface area contributed by atoms with Crippen LogP contribution in [0.25, 0.3) is 11.8 Å². The third-order valence-corrected chi connectivity index (χ3v) is 10.00. The third-order valence-electron chi connectivity index (χ3n) is 10.00. The number of hydrogen-bond donors (Lipinski definition) is 0. The van der Waals surface area contributed by atoms with Gasteiger partial charge < -0.3 is 33.5 Å². The van der Waals surface area contributed by atoms with Gasteiger partial charge in [-0.05, 0) is 123 Å². The normalized spacial score (nSPS) is 18.7. The molecule has 5 aliphatic heterocycles. The largest absolute Gasteiger partial charge is 0.493 e. The van der Waals surface area contributed by atoms with Crippen LogP contribution >= 0.6 is 0 Å².